The number of hydrogen-bond acceptors (Lipinski definition) is 3. The van der Waals surface area contributed by atoms with Crippen LogP contribution in [0.25, 0.3) is 0 Å². The number of ether oxygens (including phenoxy) is 2. The molecule has 1 aliphatic rings. The Labute approximate surface area is 114 Å². The van der Waals surface area contributed by atoms with Gasteiger partial charge in [-0.25, -0.2) is 4.79 Å². The summed E-state index contributed by atoms with van der Waals surface area (Å²) in [5.41, 5.74) is 1.01. The molecule has 1 fully saturated rings. The molecule has 1 aromatic carbocycles. The van der Waals surface area contributed by atoms with Crippen LogP contribution in [0.3, 0.4) is 0 Å². The molecule has 0 bridgehead atoms. The molecule has 1 aliphatic heterocycles. The normalized spacial score (nSPS) is 18.7. The largest absolute Gasteiger partial charge is 0.445 e. The summed E-state index contributed by atoms with van der Waals surface area (Å²) in [6, 6.07) is 9.72. The molecule has 104 valence electrons. The summed E-state index contributed by atoms with van der Waals surface area (Å²) in [7, 11) is 0. The molecule has 0 radical (unpaired) electrons. The van der Waals surface area contributed by atoms with Crippen molar-refractivity contribution in [3.63, 3.8) is 0 Å². The monoisotopic (exact) mass is 263 g/mol. The Morgan fingerprint density at radius 3 is 2.74 bits per heavy atom. The molecule has 4 heteroatoms. The Balaban J connectivity index is 1.79. The number of nitrogens with zero attached hydrogens (tertiary/aromatic N) is 1. The van der Waals surface area contributed by atoms with Gasteiger partial charge in [-0.05, 0) is 12.5 Å². The van der Waals surface area contributed by atoms with Crippen LogP contribution in [0.15, 0.2) is 30.3 Å². The summed E-state index contributed by atoms with van der Waals surface area (Å²) < 4.78 is 10.6. The fourth-order valence-electron chi connectivity index (χ4n) is 1.99. The quantitative estimate of drug-likeness (QED) is 0.741. The Bertz CT molecular complexity index is 403. The smallest absolute Gasteiger partial charge is 0.410 e. The molecule has 0 spiro atoms. The summed E-state index contributed by atoms with van der Waals surface area (Å²) in [5, 5.41) is 0. The molecular weight excluding hydrogens is 242 g/mol. The van der Waals surface area contributed by atoms with Crippen molar-refractivity contribution in [2.75, 3.05) is 19.7 Å². The highest BCUT2D eigenvalue weighted by Crippen LogP contribution is 2.20. The van der Waals surface area contributed by atoms with Gasteiger partial charge in [-0.15, -0.1) is 0 Å². The number of benzene rings is 1. The fraction of sp³-hybridized carbons (Fsp3) is 0.533. The van der Waals surface area contributed by atoms with Crippen molar-refractivity contribution >= 4 is 6.09 Å². The lowest BCUT2D eigenvalue weighted by Gasteiger charge is -2.23. The van der Waals surface area contributed by atoms with Crippen molar-refractivity contribution < 1.29 is 14.3 Å². The molecule has 0 N–H and O–H groups in total. The molecule has 1 amide bonds. The third-order valence-corrected chi connectivity index (χ3v) is 3.35. The molecule has 0 saturated carbocycles. The van der Waals surface area contributed by atoms with Crippen molar-refractivity contribution in [3.05, 3.63) is 35.9 Å². The summed E-state index contributed by atoms with van der Waals surface area (Å²) >= 11 is 0. The summed E-state index contributed by atoms with van der Waals surface area (Å²) in [5.74, 6) is 0.365. The third kappa shape index (κ3) is 4.24. The van der Waals surface area contributed by atoms with Gasteiger partial charge in [0.15, 0.2) is 0 Å². The van der Waals surface area contributed by atoms with E-state index in [-0.39, 0.29) is 6.09 Å². The van der Waals surface area contributed by atoms with Crippen molar-refractivity contribution in [2.24, 2.45) is 5.92 Å². The predicted molar refractivity (Wildman–Crippen MR) is 72.8 cm³/mol. The average Bonchev–Trinajstić information content (AvgIpc) is 3.27. The highest BCUT2D eigenvalue weighted by molar-refractivity contribution is 5.67. The summed E-state index contributed by atoms with van der Waals surface area (Å²) in [6.45, 7) is 6.55. The first-order chi connectivity index (χ1) is 9.20. The van der Waals surface area contributed by atoms with Crippen molar-refractivity contribution in [3.8, 4) is 0 Å². The Hall–Kier alpha value is -1.55. The Morgan fingerprint density at radius 2 is 2.16 bits per heavy atom. The van der Waals surface area contributed by atoms with E-state index in [1.54, 1.807) is 4.90 Å². The number of hydrogen-bond donors (Lipinski definition) is 0. The molecule has 4 nitrogen and oxygen atoms in total. The molecule has 1 aromatic rings. The van der Waals surface area contributed by atoms with Crippen molar-refractivity contribution in [2.45, 2.75) is 26.6 Å². The van der Waals surface area contributed by atoms with Gasteiger partial charge in [-0.1, -0.05) is 37.3 Å². The maximum atomic E-state index is 12.0. The first kappa shape index (κ1) is 13.9. The zero-order valence-corrected chi connectivity index (χ0v) is 11.5. The first-order valence-electron chi connectivity index (χ1n) is 6.78. The summed E-state index contributed by atoms with van der Waals surface area (Å²) in [4.78, 5) is 13.7. The van der Waals surface area contributed by atoms with Gasteiger partial charge >= 0.3 is 6.09 Å². The van der Waals surface area contributed by atoms with Crippen LogP contribution in [0.4, 0.5) is 4.79 Å². The van der Waals surface area contributed by atoms with Crippen LogP contribution in [0.1, 0.15) is 19.4 Å². The highest BCUT2D eigenvalue weighted by atomic mass is 16.6. The SMILES string of the molecule is CCN(CC(C)C1CO1)C(=O)OCc1ccccc1. The van der Waals surface area contributed by atoms with Crippen LogP contribution in [-0.2, 0) is 16.1 Å². The molecule has 2 rings (SSSR count). The van der Waals surface area contributed by atoms with Gasteiger partial charge in [0.2, 0.25) is 0 Å². The highest BCUT2D eigenvalue weighted by Gasteiger charge is 2.31. The lowest BCUT2D eigenvalue weighted by molar-refractivity contribution is 0.0911. The minimum absolute atomic E-state index is 0.251. The molecule has 0 aromatic heterocycles. The van der Waals surface area contributed by atoms with Crippen LogP contribution in [0.5, 0.6) is 0 Å². The van der Waals surface area contributed by atoms with Gasteiger partial charge in [0.05, 0.1) is 12.7 Å². The molecule has 2 unspecified atom stereocenters. The molecule has 1 heterocycles. The standard InChI is InChI=1S/C15H21NO3/c1-3-16(9-12(2)14-11-18-14)15(17)19-10-13-7-5-4-6-8-13/h4-8,12,14H,3,9-11H2,1-2H3. The van der Waals surface area contributed by atoms with E-state index < -0.39 is 0 Å². The van der Waals surface area contributed by atoms with Crippen LogP contribution >= 0.6 is 0 Å². The van der Waals surface area contributed by atoms with E-state index in [0.717, 1.165) is 12.2 Å². The van der Waals surface area contributed by atoms with E-state index in [1.807, 2.05) is 37.3 Å². The van der Waals surface area contributed by atoms with Gasteiger partial charge in [0.1, 0.15) is 6.61 Å². The van der Waals surface area contributed by atoms with Gasteiger partial charge < -0.3 is 14.4 Å². The van der Waals surface area contributed by atoms with Gasteiger partial charge in [-0.2, -0.15) is 0 Å². The molecule has 0 aliphatic carbocycles. The molecule has 19 heavy (non-hydrogen) atoms. The van der Waals surface area contributed by atoms with E-state index in [2.05, 4.69) is 6.92 Å². The van der Waals surface area contributed by atoms with Crippen LogP contribution < -0.4 is 0 Å². The second-order valence-electron chi connectivity index (χ2n) is 4.93. The van der Waals surface area contributed by atoms with E-state index in [0.29, 0.717) is 31.7 Å². The minimum atomic E-state index is -0.251. The second kappa shape index (κ2) is 6.57. The third-order valence-electron chi connectivity index (χ3n) is 3.35. The van der Waals surface area contributed by atoms with Gasteiger partial charge in [-0.3, -0.25) is 0 Å². The van der Waals surface area contributed by atoms with Crippen LogP contribution in [0.2, 0.25) is 0 Å². The number of amides is 1. The van der Waals surface area contributed by atoms with E-state index in [4.69, 9.17) is 9.47 Å². The zero-order chi connectivity index (χ0) is 13.7. The van der Waals surface area contributed by atoms with Gasteiger partial charge in [0, 0.05) is 19.0 Å². The van der Waals surface area contributed by atoms with E-state index >= 15 is 0 Å². The average molecular weight is 263 g/mol. The maximum absolute atomic E-state index is 12.0. The molecular formula is C15H21NO3. The number of carbonyl (C=O) groups is 1. The number of carbonyl (C=O) groups excluding carboxylic acids is 1. The van der Waals surface area contributed by atoms with E-state index in [1.165, 1.54) is 0 Å². The number of epoxide rings is 1. The van der Waals surface area contributed by atoms with Crippen LogP contribution in [-0.4, -0.2) is 36.8 Å². The van der Waals surface area contributed by atoms with Crippen LogP contribution in [0, 0.1) is 5.92 Å². The topological polar surface area (TPSA) is 42.1 Å². The van der Waals surface area contributed by atoms with Gasteiger partial charge in [0.25, 0.3) is 0 Å². The first-order valence-corrected chi connectivity index (χ1v) is 6.78. The zero-order valence-electron chi connectivity index (χ0n) is 11.5. The lowest BCUT2D eigenvalue weighted by Crippen LogP contribution is -2.36. The predicted octanol–water partition coefficient (Wildman–Crippen LogP) is 2.68. The Kier molecular flexibility index (Phi) is 4.80. The fourth-order valence-corrected chi connectivity index (χ4v) is 1.99. The maximum Gasteiger partial charge on any atom is 0.410 e. The Morgan fingerprint density at radius 1 is 1.47 bits per heavy atom. The van der Waals surface area contributed by atoms with Crippen molar-refractivity contribution in [1.29, 1.82) is 0 Å². The second-order valence-corrected chi connectivity index (χ2v) is 4.93. The molecule has 1 saturated heterocycles. The minimum Gasteiger partial charge on any atom is -0.445 e. The molecule has 2 atom stereocenters. The lowest BCUT2D eigenvalue weighted by atomic mass is 10.1. The summed E-state index contributed by atoms with van der Waals surface area (Å²) in [6.07, 6.45) is 0.0647. The van der Waals surface area contributed by atoms with Crippen molar-refractivity contribution in [1.82, 2.24) is 4.90 Å². The van der Waals surface area contributed by atoms with E-state index in [9.17, 15) is 4.79 Å². The number of rotatable bonds is 6.